The van der Waals surface area contributed by atoms with Crippen molar-refractivity contribution in [3.05, 3.63) is 97.2 Å². The number of anilines is 4. The summed E-state index contributed by atoms with van der Waals surface area (Å²) in [7, 11) is -3.33. The normalized spacial score (nSPS) is 14.5. The number of sulfone groups is 1. The number of aromatic nitrogens is 3. The fraction of sp³-hybridized carbons (Fsp3) is 0.125. The minimum Gasteiger partial charge on any atom is -0.331 e. The van der Waals surface area contributed by atoms with Crippen molar-refractivity contribution in [2.45, 2.75) is 11.4 Å². The highest BCUT2D eigenvalue weighted by Crippen LogP contribution is 2.37. The van der Waals surface area contributed by atoms with Crippen LogP contribution in [0.1, 0.15) is 5.56 Å². The van der Waals surface area contributed by atoms with Gasteiger partial charge in [-0.3, -0.25) is 10.2 Å². The first-order chi connectivity index (χ1) is 16.0. The number of pyridine rings is 3. The number of fused-ring (bicyclic) bond motifs is 1. The van der Waals surface area contributed by atoms with Gasteiger partial charge < -0.3 is 9.80 Å². The predicted molar refractivity (Wildman–Crippen MR) is 124 cm³/mol. The maximum atomic E-state index is 12.6. The molecule has 1 aromatic carbocycles. The van der Waals surface area contributed by atoms with Crippen LogP contribution in [0.5, 0.6) is 0 Å². The molecule has 5 rings (SSSR count). The monoisotopic (exact) mass is 460 g/mol. The standard InChI is InChI=1S/C24H22N5O3S/c30-27-13-5-8-21(18-27)29(20-7-4-11-25-16-20)17-19-6-3-12-26-24(19)28-14-15-33(31,32)23-10-2-1-9-22(23)28/h1-13,16,18,30H,14-15,17H2/q+1. The van der Waals surface area contributed by atoms with E-state index in [1.165, 1.54) is 0 Å². The second-order valence-electron chi connectivity index (χ2n) is 7.66. The maximum Gasteiger partial charge on any atom is 0.245 e. The Balaban J connectivity index is 1.59. The van der Waals surface area contributed by atoms with Crippen LogP contribution in [0.2, 0.25) is 0 Å². The number of hydrogen-bond donors (Lipinski definition) is 1. The maximum absolute atomic E-state index is 12.6. The zero-order chi connectivity index (χ0) is 22.8. The summed E-state index contributed by atoms with van der Waals surface area (Å²) in [6, 6.07) is 18.3. The van der Waals surface area contributed by atoms with E-state index in [1.54, 1.807) is 49.2 Å². The molecule has 8 nitrogen and oxygen atoms in total. The van der Waals surface area contributed by atoms with Crippen LogP contribution in [0.4, 0.5) is 22.9 Å². The number of nitrogens with zero attached hydrogens (tertiary/aromatic N) is 5. The van der Waals surface area contributed by atoms with E-state index >= 15 is 0 Å². The third-order valence-corrected chi connectivity index (χ3v) is 7.30. The van der Waals surface area contributed by atoms with E-state index in [0.717, 1.165) is 21.7 Å². The second-order valence-corrected chi connectivity index (χ2v) is 9.74. The molecule has 4 aromatic rings. The highest BCUT2D eigenvalue weighted by atomic mass is 32.2. The fourth-order valence-corrected chi connectivity index (χ4v) is 5.45. The number of para-hydroxylation sites is 1. The zero-order valence-electron chi connectivity index (χ0n) is 17.7. The summed E-state index contributed by atoms with van der Waals surface area (Å²) in [4.78, 5) is 13.2. The zero-order valence-corrected chi connectivity index (χ0v) is 18.5. The first-order valence-electron chi connectivity index (χ1n) is 10.4. The molecular weight excluding hydrogens is 438 g/mol. The fourth-order valence-electron chi connectivity index (χ4n) is 4.03. The molecule has 9 heteroatoms. The lowest BCUT2D eigenvalue weighted by atomic mass is 10.1. The molecule has 4 heterocycles. The van der Waals surface area contributed by atoms with E-state index in [2.05, 4.69) is 9.97 Å². The molecule has 0 saturated heterocycles. The van der Waals surface area contributed by atoms with Crippen LogP contribution in [-0.2, 0) is 16.4 Å². The van der Waals surface area contributed by atoms with Crippen molar-refractivity contribution >= 4 is 32.7 Å². The summed E-state index contributed by atoms with van der Waals surface area (Å²) in [5.41, 5.74) is 3.15. The van der Waals surface area contributed by atoms with Crippen LogP contribution in [0.15, 0.2) is 96.5 Å². The SMILES string of the molecule is O=S1(=O)CCN(c2ncccc2CN(c2cccnc2)c2ccc[n+](O)c2)c2ccccc21. The molecular formula is C24H22N5O3S+. The summed E-state index contributed by atoms with van der Waals surface area (Å²) in [5.74, 6) is 0.719. The van der Waals surface area contributed by atoms with Crippen molar-refractivity contribution in [3.63, 3.8) is 0 Å². The molecule has 1 aliphatic rings. The van der Waals surface area contributed by atoms with Gasteiger partial charge in [0.05, 0.1) is 34.8 Å². The van der Waals surface area contributed by atoms with E-state index in [0.29, 0.717) is 29.5 Å². The summed E-state index contributed by atoms with van der Waals surface area (Å²) < 4.78 is 26.3. The van der Waals surface area contributed by atoms with Gasteiger partial charge in [0.15, 0.2) is 9.84 Å². The van der Waals surface area contributed by atoms with Gasteiger partial charge in [0, 0.05) is 35.3 Å². The van der Waals surface area contributed by atoms with Crippen LogP contribution in [0.25, 0.3) is 0 Å². The third kappa shape index (κ3) is 4.10. The smallest absolute Gasteiger partial charge is 0.245 e. The molecule has 1 N–H and O–H groups in total. The second kappa shape index (κ2) is 8.51. The summed E-state index contributed by atoms with van der Waals surface area (Å²) >= 11 is 0. The molecule has 0 atom stereocenters. The largest absolute Gasteiger partial charge is 0.331 e. The van der Waals surface area contributed by atoms with E-state index in [9.17, 15) is 13.6 Å². The highest BCUT2D eigenvalue weighted by Gasteiger charge is 2.30. The average molecular weight is 461 g/mol. The molecule has 0 spiro atoms. The molecule has 0 fully saturated rings. The van der Waals surface area contributed by atoms with Crippen LogP contribution in [-0.4, -0.2) is 35.9 Å². The molecule has 166 valence electrons. The van der Waals surface area contributed by atoms with Gasteiger partial charge in [-0.05, 0) is 36.4 Å². The Morgan fingerprint density at radius 1 is 1.00 bits per heavy atom. The molecule has 0 radical (unpaired) electrons. The molecule has 0 amide bonds. The Hall–Kier alpha value is -3.98. The van der Waals surface area contributed by atoms with Crippen molar-refractivity contribution in [1.29, 1.82) is 0 Å². The molecule has 0 unspecified atom stereocenters. The molecule has 33 heavy (non-hydrogen) atoms. The Bertz CT molecular complexity index is 1400. The van der Waals surface area contributed by atoms with Crippen molar-refractivity contribution in [3.8, 4) is 0 Å². The van der Waals surface area contributed by atoms with Gasteiger partial charge in [-0.2, -0.15) is 0 Å². The average Bonchev–Trinajstić information content (AvgIpc) is 2.84. The van der Waals surface area contributed by atoms with Gasteiger partial charge in [-0.1, -0.05) is 18.2 Å². The first-order valence-corrected chi connectivity index (χ1v) is 12.1. The number of hydrogen-bond acceptors (Lipinski definition) is 7. The lowest BCUT2D eigenvalue weighted by Gasteiger charge is -2.32. The quantitative estimate of drug-likeness (QED) is 0.361. The van der Waals surface area contributed by atoms with Crippen LogP contribution < -0.4 is 14.5 Å². The first kappa shape index (κ1) is 20.9. The third-order valence-electron chi connectivity index (χ3n) is 5.57. The van der Waals surface area contributed by atoms with Gasteiger partial charge in [0.25, 0.3) is 0 Å². The highest BCUT2D eigenvalue weighted by molar-refractivity contribution is 7.91. The van der Waals surface area contributed by atoms with Crippen molar-refractivity contribution in [2.75, 3.05) is 22.1 Å². The Labute approximate surface area is 191 Å². The lowest BCUT2D eigenvalue weighted by Crippen LogP contribution is -2.33. The Kier molecular flexibility index (Phi) is 5.39. The van der Waals surface area contributed by atoms with Crippen molar-refractivity contribution < 1.29 is 18.4 Å². The van der Waals surface area contributed by atoms with Gasteiger partial charge >= 0.3 is 0 Å². The van der Waals surface area contributed by atoms with Gasteiger partial charge in [-0.25, -0.2) is 13.4 Å². The molecule has 0 aliphatic carbocycles. The van der Waals surface area contributed by atoms with Crippen LogP contribution >= 0.6 is 0 Å². The van der Waals surface area contributed by atoms with Crippen molar-refractivity contribution in [2.24, 2.45) is 0 Å². The van der Waals surface area contributed by atoms with E-state index < -0.39 is 9.84 Å². The Morgan fingerprint density at radius 3 is 2.64 bits per heavy atom. The molecule has 3 aromatic heterocycles. The summed E-state index contributed by atoms with van der Waals surface area (Å²) in [6.07, 6.45) is 8.34. The molecule has 0 saturated carbocycles. The lowest BCUT2D eigenvalue weighted by molar-refractivity contribution is -0.904. The minimum atomic E-state index is -3.33. The minimum absolute atomic E-state index is 0.0234. The Morgan fingerprint density at radius 2 is 1.82 bits per heavy atom. The van der Waals surface area contributed by atoms with Gasteiger partial charge in [0.1, 0.15) is 11.5 Å². The van der Waals surface area contributed by atoms with E-state index in [4.69, 9.17) is 0 Å². The van der Waals surface area contributed by atoms with Crippen molar-refractivity contribution in [1.82, 2.24) is 9.97 Å². The van der Waals surface area contributed by atoms with E-state index in [1.807, 2.05) is 52.3 Å². The molecule has 1 aliphatic heterocycles. The number of rotatable bonds is 5. The topological polar surface area (TPSA) is 90.5 Å². The van der Waals surface area contributed by atoms with Crippen LogP contribution in [0.3, 0.4) is 0 Å². The summed E-state index contributed by atoms with van der Waals surface area (Å²) in [5, 5.41) is 9.99. The predicted octanol–water partition coefficient (Wildman–Crippen LogP) is 3.27. The van der Waals surface area contributed by atoms with Gasteiger partial charge in [-0.15, -0.1) is 0 Å². The number of benzene rings is 1. The van der Waals surface area contributed by atoms with Crippen LogP contribution in [0, 0.1) is 0 Å². The van der Waals surface area contributed by atoms with E-state index in [-0.39, 0.29) is 5.75 Å². The summed E-state index contributed by atoms with van der Waals surface area (Å²) in [6.45, 7) is 0.753. The molecule has 0 bridgehead atoms. The van der Waals surface area contributed by atoms with Gasteiger partial charge in [0.2, 0.25) is 12.4 Å².